The molecule has 5 N–H and O–H groups in total. The van der Waals surface area contributed by atoms with Gasteiger partial charge in [-0.15, -0.1) is 0 Å². The molecule has 0 atom stereocenters. The zero-order chi connectivity index (χ0) is 18.0. The number of amides is 1. The Balaban J connectivity index is 2.39. The number of hydrogen-bond acceptors (Lipinski definition) is 7. The van der Waals surface area contributed by atoms with Crippen molar-refractivity contribution in [2.45, 2.75) is 26.4 Å². The number of amidine groups is 1. The highest BCUT2D eigenvalue weighted by Gasteiger charge is 2.15. The normalized spacial score (nSPS) is 11.9. The Hall–Kier alpha value is -2.39. The van der Waals surface area contributed by atoms with Crippen LogP contribution in [0.2, 0.25) is 0 Å². The summed E-state index contributed by atoms with van der Waals surface area (Å²) in [4.78, 5) is 24.2. The van der Waals surface area contributed by atoms with Gasteiger partial charge in [0, 0.05) is 6.54 Å². The SMILES string of the molecule is CC(C)(C)OC(=O)NCCN=C(N)c1ccc(OCCON)cn1. The summed E-state index contributed by atoms with van der Waals surface area (Å²) in [5.74, 6) is 5.76. The van der Waals surface area contributed by atoms with E-state index in [1.807, 2.05) is 0 Å². The van der Waals surface area contributed by atoms with E-state index >= 15 is 0 Å². The number of aliphatic imine (C=N–C) groups is 1. The number of pyridine rings is 1. The van der Waals surface area contributed by atoms with Gasteiger partial charge >= 0.3 is 6.09 Å². The number of nitrogens with zero attached hydrogens (tertiary/aromatic N) is 2. The third-order valence-electron chi connectivity index (χ3n) is 2.53. The number of nitrogens with two attached hydrogens (primary N) is 2. The molecule has 1 amide bonds. The minimum atomic E-state index is -0.531. The second kappa shape index (κ2) is 9.68. The van der Waals surface area contributed by atoms with Gasteiger partial charge in [0.1, 0.15) is 36.1 Å². The van der Waals surface area contributed by atoms with Crippen molar-refractivity contribution in [3.8, 4) is 5.75 Å². The summed E-state index contributed by atoms with van der Waals surface area (Å²) in [6, 6.07) is 3.42. The monoisotopic (exact) mass is 339 g/mol. The Bertz CT molecular complexity index is 540. The molecule has 0 spiro atoms. The number of rotatable bonds is 8. The fourth-order valence-corrected chi connectivity index (χ4v) is 1.55. The van der Waals surface area contributed by atoms with Crippen molar-refractivity contribution < 1.29 is 19.1 Å². The van der Waals surface area contributed by atoms with Crippen molar-refractivity contribution in [3.63, 3.8) is 0 Å². The van der Waals surface area contributed by atoms with Crippen LogP contribution in [0.3, 0.4) is 0 Å². The molecule has 0 fully saturated rings. The summed E-state index contributed by atoms with van der Waals surface area (Å²) >= 11 is 0. The lowest BCUT2D eigenvalue weighted by molar-refractivity contribution is 0.0529. The van der Waals surface area contributed by atoms with E-state index in [-0.39, 0.29) is 12.4 Å². The maximum Gasteiger partial charge on any atom is 0.407 e. The number of carbonyl (C=O) groups is 1. The van der Waals surface area contributed by atoms with Gasteiger partial charge in [-0.3, -0.25) is 4.99 Å². The van der Waals surface area contributed by atoms with Crippen LogP contribution in [-0.4, -0.2) is 48.8 Å². The van der Waals surface area contributed by atoms with E-state index in [4.69, 9.17) is 21.1 Å². The summed E-state index contributed by atoms with van der Waals surface area (Å²) in [5, 5.41) is 2.60. The summed E-state index contributed by atoms with van der Waals surface area (Å²) in [7, 11) is 0. The fraction of sp³-hybridized carbons (Fsp3) is 0.533. The van der Waals surface area contributed by atoms with E-state index in [0.717, 1.165) is 0 Å². The van der Waals surface area contributed by atoms with Crippen LogP contribution in [0, 0.1) is 0 Å². The van der Waals surface area contributed by atoms with Crippen molar-refractivity contribution in [1.29, 1.82) is 0 Å². The summed E-state index contributed by atoms with van der Waals surface area (Å²) < 4.78 is 10.4. The topological polar surface area (TPSA) is 134 Å². The van der Waals surface area contributed by atoms with Gasteiger partial charge in [-0.25, -0.2) is 15.7 Å². The van der Waals surface area contributed by atoms with Gasteiger partial charge in [-0.2, -0.15) is 0 Å². The van der Waals surface area contributed by atoms with E-state index in [9.17, 15) is 4.79 Å². The van der Waals surface area contributed by atoms with E-state index in [1.165, 1.54) is 6.20 Å². The summed E-state index contributed by atoms with van der Waals surface area (Å²) in [6.45, 7) is 6.64. The molecule has 24 heavy (non-hydrogen) atoms. The van der Waals surface area contributed by atoms with E-state index in [1.54, 1.807) is 32.9 Å². The Kier molecular flexibility index (Phi) is 7.93. The largest absolute Gasteiger partial charge is 0.489 e. The highest BCUT2D eigenvalue weighted by atomic mass is 16.6. The van der Waals surface area contributed by atoms with Crippen LogP contribution >= 0.6 is 0 Å². The molecule has 0 aliphatic rings. The first kappa shape index (κ1) is 19.7. The third kappa shape index (κ3) is 8.30. The van der Waals surface area contributed by atoms with Crippen molar-refractivity contribution in [3.05, 3.63) is 24.0 Å². The Morgan fingerprint density at radius 2 is 2.08 bits per heavy atom. The van der Waals surface area contributed by atoms with Gasteiger partial charge in [0.15, 0.2) is 0 Å². The molecule has 1 rings (SSSR count). The second-order valence-electron chi connectivity index (χ2n) is 5.79. The Morgan fingerprint density at radius 1 is 1.33 bits per heavy atom. The molecule has 0 aliphatic heterocycles. The minimum Gasteiger partial charge on any atom is -0.489 e. The number of carbonyl (C=O) groups excluding carboxylic acids is 1. The van der Waals surface area contributed by atoms with Crippen LogP contribution in [0.15, 0.2) is 23.3 Å². The molecule has 0 aromatic carbocycles. The standard InChI is InChI=1S/C15H25N5O4/c1-15(2,3)24-14(21)19-7-6-18-13(16)12-5-4-11(10-20-12)22-8-9-23-17/h4-5,10H,6-9,17H2,1-3H3,(H2,16,18)(H,19,21). The number of alkyl carbamates (subject to hydrolysis) is 1. The van der Waals surface area contributed by atoms with E-state index in [2.05, 4.69) is 20.1 Å². The zero-order valence-corrected chi connectivity index (χ0v) is 14.2. The zero-order valence-electron chi connectivity index (χ0n) is 14.2. The molecule has 1 aromatic heterocycles. The summed E-state index contributed by atoms with van der Waals surface area (Å²) in [6.07, 6.45) is 1.05. The molecule has 9 heteroatoms. The third-order valence-corrected chi connectivity index (χ3v) is 2.53. The highest BCUT2D eigenvalue weighted by molar-refractivity contribution is 5.95. The Morgan fingerprint density at radius 3 is 2.67 bits per heavy atom. The number of aromatic nitrogens is 1. The lowest BCUT2D eigenvalue weighted by Gasteiger charge is -2.19. The van der Waals surface area contributed by atoms with E-state index < -0.39 is 11.7 Å². The maximum absolute atomic E-state index is 11.5. The quantitative estimate of drug-likeness (QED) is 0.273. The number of nitrogens with one attached hydrogen (secondary N) is 1. The molecule has 1 heterocycles. The lowest BCUT2D eigenvalue weighted by atomic mass is 10.2. The molecular weight excluding hydrogens is 314 g/mol. The smallest absolute Gasteiger partial charge is 0.407 e. The van der Waals surface area contributed by atoms with Crippen molar-refractivity contribution in [1.82, 2.24) is 10.3 Å². The van der Waals surface area contributed by atoms with Crippen LogP contribution < -0.4 is 21.7 Å². The van der Waals surface area contributed by atoms with Crippen LogP contribution in [0.1, 0.15) is 26.5 Å². The molecule has 1 aromatic rings. The average molecular weight is 339 g/mol. The van der Waals surface area contributed by atoms with Gasteiger partial charge in [0.05, 0.1) is 12.7 Å². The van der Waals surface area contributed by atoms with Gasteiger partial charge in [-0.05, 0) is 32.9 Å². The van der Waals surface area contributed by atoms with E-state index in [0.29, 0.717) is 31.1 Å². The molecule has 134 valence electrons. The first-order valence-electron chi connectivity index (χ1n) is 7.49. The molecule has 0 saturated carbocycles. The molecule has 0 saturated heterocycles. The average Bonchev–Trinajstić information content (AvgIpc) is 2.50. The van der Waals surface area contributed by atoms with Crippen molar-refractivity contribution >= 4 is 11.9 Å². The molecule has 0 radical (unpaired) electrons. The fourth-order valence-electron chi connectivity index (χ4n) is 1.55. The van der Waals surface area contributed by atoms with Gasteiger partial charge in [-0.1, -0.05) is 0 Å². The molecule has 9 nitrogen and oxygen atoms in total. The predicted molar refractivity (Wildman–Crippen MR) is 89.7 cm³/mol. The van der Waals surface area contributed by atoms with Crippen molar-refractivity contribution in [2.75, 3.05) is 26.3 Å². The minimum absolute atomic E-state index is 0.276. The van der Waals surface area contributed by atoms with Crippen LogP contribution in [0.4, 0.5) is 4.79 Å². The van der Waals surface area contributed by atoms with Crippen LogP contribution in [0.5, 0.6) is 5.75 Å². The van der Waals surface area contributed by atoms with Crippen LogP contribution in [-0.2, 0) is 9.57 Å². The predicted octanol–water partition coefficient (Wildman–Crippen LogP) is 0.581. The molecule has 0 bridgehead atoms. The van der Waals surface area contributed by atoms with Crippen molar-refractivity contribution in [2.24, 2.45) is 16.6 Å². The van der Waals surface area contributed by atoms with Crippen LogP contribution in [0.25, 0.3) is 0 Å². The Labute approximate surface area is 141 Å². The summed E-state index contributed by atoms with van der Waals surface area (Å²) in [5.41, 5.74) is 5.84. The molecular formula is C15H25N5O4. The first-order valence-corrected chi connectivity index (χ1v) is 7.49. The lowest BCUT2D eigenvalue weighted by Crippen LogP contribution is -2.34. The number of ether oxygens (including phenoxy) is 2. The van der Waals surface area contributed by atoms with Gasteiger partial charge in [0.25, 0.3) is 0 Å². The van der Waals surface area contributed by atoms with Gasteiger partial charge < -0.3 is 25.4 Å². The molecule has 0 aliphatic carbocycles. The van der Waals surface area contributed by atoms with Gasteiger partial charge in [0.2, 0.25) is 0 Å². The first-order chi connectivity index (χ1) is 11.3. The highest BCUT2D eigenvalue weighted by Crippen LogP contribution is 2.09. The second-order valence-corrected chi connectivity index (χ2v) is 5.79. The molecule has 0 unspecified atom stereocenters. The maximum atomic E-state index is 11.5. The number of hydrogen-bond donors (Lipinski definition) is 3.